The molecule has 0 radical (unpaired) electrons. The summed E-state index contributed by atoms with van der Waals surface area (Å²) in [4.78, 5) is 24.8. The van der Waals surface area contributed by atoms with Crippen molar-refractivity contribution < 1.29 is 24.2 Å². The van der Waals surface area contributed by atoms with Gasteiger partial charge in [0.15, 0.2) is 0 Å². The fourth-order valence-corrected chi connectivity index (χ4v) is 4.83. The summed E-state index contributed by atoms with van der Waals surface area (Å²) < 4.78 is 11.0. The number of nitrogens with two attached hydrogens (primary N) is 1. The van der Waals surface area contributed by atoms with Crippen LogP contribution in [0.5, 0.6) is 11.5 Å². The van der Waals surface area contributed by atoms with Gasteiger partial charge in [-0.15, -0.1) is 0 Å². The van der Waals surface area contributed by atoms with Gasteiger partial charge in [-0.05, 0) is 112 Å². The summed E-state index contributed by atoms with van der Waals surface area (Å²) in [6, 6.07) is 12.0. The van der Waals surface area contributed by atoms with Gasteiger partial charge in [-0.2, -0.15) is 0 Å². The Labute approximate surface area is 232 Å². The fraction of sp³-hybridized carbons (Fsp3) is 0.548. The molecule has 0 fully saturated rings. The Morgan fingerprint density at radius 2 is 1.67 bits per heavy atom. The van der Waals surface area contributed by atoms with Gasteiger partial charge in [0.25, 0.3) is 0 Å². The van der Waals surface area contributed by atoms with E-state index in [1.54, 1.807) is 31.1 Å². The van der Waals surface area contributed by atoms with Gasteiger partial charge in [-0.25, -0.2) is 4.79 Å². The molecule has 2 aromatic carbocycles. The van der Waals surface area contributed by atoms with Crippen LogP contribution < -0.4 is 15.8 Å². The van der Waals surface area contributed by atoms with Crippen LogP contribution in [0, 0.1) is 0 Å². The van der Waals surface area contributed by atoms with Crippen LogP contribution in [0.25, 0.3) is 0 Å². The van der Waals surface area contributed by atoms with Crippen LogP contribution in [0.1, 0.15) is 68.7 Å². The Hall–Kier alpha value is -3.26. The largest absolute Gasteiger partial charge is 0.508 e. The van der Waals surface area contributed by atoms with Crippen LogP contribution in [0.4, 0.5) is 4.79 Å². The summed E-state index contributed by atoms with van der Waals surface area (Å²) in [5.74, 6) is 1.30. The van der Waals surface area contributed by atoms with Crippen LogP contribution in [0.3, 0.4) is 0 Å². The van der Waals surface area contributed by atoms with Crippen molar-refractivity contribution >= 4 is 12.0 Å². The predicted octanol–water partition coefficient (Wildman–Crippen LogP) is 4.52. The van der Waals surface area contributed by atoms with Crippen LogP contribution >= 0.6 is 0 Å². The summed E-state index contributed by atoms with van der Waals surface area (Å²) in [7, 11) is 3.55. The minimum Gasteiger partial charge on any atom is -0.508 e. The number of carbonyl (C=O) groups is 2. The Kier molecular flexibility index (Phi) is 10.6. The van der Waals surface area contributed by atoms with E-state index in [1.807, 2.05) is 32.9 Å². The molecule has 2 amide bonds. The number of amides is 2. The lowest BCUT2D eigenvalue weighted by molar-refractivity contribution is -0.128. The number of rotatable bonds is 6. The van der Waals surface area contributed by atoms with Crippen molar-refractivity contribution in [2.75, 3.05) is 20.7 Å². The first kappa shape index (κ1) is 30.3. The van der Waals surface area contributed by atoms with Crippen molar-refractivity contribution in [3.05, 3.63) is 58.7 Å². The lowest BCUT2D eigenvalue weighted by Crippen LogP contribution is -2.41. The van der Waals surface area contributed by atoms with E-state index in [9.17, 15) is 14.7 Å². The second-order valence-corrected chi connectivity index (χ2v) is 11.7. The molecule has 0 aliphatic heterocycles. The second-order valence-electron chi connectivity index (χ2n) is 11.7. The molecular weight excluding hydrogens is 494 g/mol. The number of alkyl carbamates (subject to hydrolysis) is 1. The van der Waals surface area contributed by atoms with E-state index in [2.05, 4.69) is 17.4 Å². The molecule has 4 rings (SSSR count). The van der Waals surface area contributed by atoms with Gasteiger partial charge in [0.05, 0.1) is 6.61 Å². The molecule has 214 valence electrons. The van der Waals surface area contributed by atoms with Gasteiger partial charge >= 0.3 is 6.09 Å². The smallest absolute Gasteiger partial charge is 0.407 e. The van der Waals surface area contributed by atoms with Crippen molar-refractivity contribution in [3.8, 4) is 11.5 Å². The zero-order chi connectivity index (χ0) is 28.6. The minimum absolute atomic E-state index is 0.0733. The molecule has 2 aromatic rings. The molecule has 0 saturated carbocycles. The summed E-state index contributed by atoms with van der Waals surface area (Å²) in [5, 5.41) is 12.4. The van der Waals surface area contributed by atoms with Crippen molar-refractivity contribution in [1.82, 2.24) is 10.2 Å². The normalized spacial score (nSPS) is 18.0. The number of ether oxygens (including phenoxy) is 2. The maximum absolute atomic E-state index is 11.7. The third-order valence-corrected chi connectivity index (χ3v) is 6.89. The molecule has 8 heteroatoms. The molecular formula is C31H45N3O5. The number of hydrogen-bond acceptors (Lipinski definition) is 6. The minimum atomic E-state index is -0.477. The number of hydrogen-bond donors (Lipinski definition) is 3. The number of nitrogens with zero attached hydrogens (tertiary/aromatic N) is 1. The zero-order valence-corrected chi connectivity index (χ0v) is 24.1. The molecule has 2 atom stereocenters. The molecule has 0 bridgehead atoms. The first-order valence-corrected chi connectivity index (χ1v) is 13.9. The molecule has 0 heterocycles. The van der Waals surface area contributed by atoms with Crippen LogP contribution in [-0.4, -0.2) is 60.4 Å². The van der Waals surface area contributed by atoms with E-state index < -0.39 is 5.60 Å². The van der Waals surface area contributed by atoms with Crippen LogP contribution in [0.2, 0.25) is 0 Å². The van der Waals surface area contributed by atoms with Gasteiger partial charge in [0.2, 0.25) is 5.91 Å². The predicted molar refractivity (Wildman–Crippen MR) is 153 cm³/mol. The van der Waals surface area contributed by atoms with E-state index in [1.165, 1.54) is 16.7 Å². The topological polar surface area (TPSA) is 114 Å². The Morgan fingerprint density at radius 1 is 1.00 bits per heavy atom. The molecule has 39 heavy (non-hydrogen) atoms. The van der Waals surface area contributed by atoms with E-state index in [0.29, 0.717) is 13.0 Å². The standard InChI is InChI=1S/C16H24N2O2.C15H21NO3/c1-18(2)16(19)4-3-9-20-15-8-6-12-5-7-14(17)10-13(12)11-15;1-15(2,3)19-14(18)16-12-6-4-10-5-7-13(17)9-11(10)8-12/h6,8,11,14H,3-5,7,9-10,17H2,1-2H3;5,7,9,12,17H,4,6,8H2,1-3H3,(H,16,18)/t14-;12-/m00/s1. The molecule has 0 spiro atoms. The first-order valence-electron chi connectivity index (χ1n) is 13.9. The number of nitrogens with one attached hydrogen (secondary N) is 1. The maximum atomic E-state index is 11.7. The summed E-state index contributed by atoms with van der Waals surface area (Å²) >= 11 is 0. The highest BCUT2D eigenvalue weighted by Gasteiger charge is 2.23. The second kappa shape index (κ2) is 13.7. The SMILES string of the molecule is CC(C)(C)OC(=O)N[C@H]1CCc2ccc(O)cc2C1.CN(C)C(=O)CCCOc1ccc2c(c1)C[C@@H](N)CC2. The van der Waals surface area contributed by atoms with Gasteiger partial charge in [-0.3, -0.25) is 4.79 Å². The number of phenolic OH excluding ortho intramolecular Hbond substituents is 1. The van der Waals surface area contributed by atoms with Crippen molar-refractivity contribution in [1.29, 1.82) is 0 Å². The Bertz CT molecular complexity index is 1130. The van der Waals surface area contributed by atoms with E-state index >= 15 is 0 Å². The van der Waals surface area contributed by atoms with E-state index in [0.717, 1.165) is 56.3 Å². The van der Waals surface area contributed by atoms with Crippen molar-refractivity contribution in [2.45, 2.75) is 89.8 Å². The molecule has 8 nitrogen and oxygen atoms in total. The van der Waals surface area contributed by atoms with Gasteiger partial charge in [0, 0.05) is 32.6 Å². The highest BCUT2D eigenvalue weighted by Crippen LogP contribution is 2.26. The monoisotopic (exact) mass is 539 g/mol. The van der Waals surface area contributed by atoms with Gasteiger partial charge < -0.3 is 30.5 Å². The number of fused-ring (bicyclic) bond motifs is 2. The van der Waals surface area contributed by atoms with Crippen LogP contribution in [0.15, 0.2) is 36.4 Å². The molecule has 0 saturated heterocycles. The quantitative estimate of drug-likeness (QED) is 0.465. The van der Waals surface area contributed by atoms with Gasteiger partial charge in [-0.1, -0.05) is 12.1 Å². The number of phenols is 1. The molecule has 2 aliphatic carbocycles. The van der Waals surface area contributed by atoms with Crippen LogP contribution in [-0.2, 0) is 35.2 Å². The molecule has 4 N–H and O–H groups in total. The first-order chi connectivity index (χ1) is 18.4. The lowest BCUT2D eigenvalue weighted by atomic mass is 9.88. The number of benzene rings is 2. The maximum Gasteiger partial charge on any atom is 0.407 e. The van der Waals surface area contributed by atoms with Crippen molar-refractivity contribution in [3.63, 3.8) is 0 Å². The van der Waals surface area contributed by atoms with Gasteiger partial charge in [0.1, 0.15) is 17.1 Å². The highest BCUT2D eigenvalue weighted by molar-refractivity contribution is 5.75. The van der Waals surface area contributed by atoms with E-state index in [4.69, 9.17) is 15.2 Å². The fourth-order valence-electron chi connectivity index (χ4n) is 4.83. The lowest BCUT2D eigenvalue weighted by Gasteiger charge is -2.27. The number of carbonyl (C=O) groups excluding carboxylic acids is 2. The summed E-state index contributed by atoms with van der Waals surface area (Å²) in [6.45, 7) is 6.12. The average Bonchev–Trinajstić information content (AvgIpc) is 2.85. The number of aromatic hydroxyl groups is 1. The Morgan fingerprint density at radius 3 is 2.36 bits per heavy atom. The Balaban J connectivity index is 0.000000216. The van der Waals surface area contributed by atoms with E-state index in [-0.39, 0.29) is 29.8 Å². The third-order valence-electron chi connectivity index (χ3n) is 6.89. The molecule has 2 aliphatic rings. The summed E-state index contributed by atoms with van der Waals surface area (Å²) in [5.41, 5.74) is 10.6. The average molecular weight is 540 g/mol. The molecule has 0 aromatic heterocycles. The van der Waals surface area contributed by atoms with Crippen molar-refractivity contribution in [2.24, 2.45) is 5.73 Å². The molecule has 0 unspecified atom stereocenters. The summed E-state index contributed by atoms with van der Waals surface area (Å²) in [6.07, 6.45) is 6.52. The third kappa shape index (κ3) is 10.1. The highest BCUT2D eigenvalue weighted by atomic mass is 16.6. The number of aryl methyl sites for hydroxylation is 2. The zero-order valence-electron chi connectivity index (χ0n) is 24.1.